The number of carbonyl (C=O) groups excluding carboxylic acids is 1. The second-order valence-electron chi connectivity index (χ2n) is 7.52. The third-order valence-electron chi connectivity index (χ3n) is 4.97. The summed E-state index contributed by atoms with van der Waals surface area (Å²) >= 11 is 1.39. The summed E-state index contributed by atoms with van der Waals surface area (Å²) in [6, 6.07) is 15.6. The predicted molar refractivity (Wildman–Crippen MR) is 125 cm³/mol. The Morgan fingerprint density at radius 3 is 2.66 bits per heavy atom. The molecule has 8 heteroatoms. The van der Waals surface area contributed by atoms with Gasteiger partial charge in [-0.05, 0) is 56.0 Å². The lowest BCUT2D eigenvalue weighted by Gasteiger charge is -2.06. The Hall–Kier alpha value is -3.52. The molecule has 0 aliphatic rings. The number of benzene rings is 2. The van der Waals surface area contributed by atoms with Gasteiger partial charge in [0.2, 0.25) is 0 Å². The van der Waals surface area contributed by atoms with Crippen molar-refractivity contribution in [1.82, 2.24) is 20.0 Å². The minimum absolute atomic E-state index is 0.163. The number of hydrogen-bond acceptors (Lipinski definition) is 6. The molecule has 32 heavy (non-hydrogen) atoms. The standard InChI is InChI=1S/C24H25N5O2S/c1-18-5-9-20(10-6-18)23(30)27-24-26-21(17-32-24)16-31-22-11-7-19(8-12-22)4-2-3-14-29-15-13-25-28-29/h5-13,15,17H,2-4,14,16H2,1H3,(H,26,27,30). The number of ether oxygens (including phenoxy) is 1. The highest BCUT2D eigenvalue weighted by molar-refractivity contribution is 7.13. The van der Waals surface area contributed by atoms with Crippen LogP contribution in [0.1, 0.15) is 40.0 Å². The van der Waals surface area contributed by atoms with Crippen molar-refractivity contribution in [2.24, 2.45) is 0 Å². The number of nitrogens with one attached hydrogen (secondary N) is 1. The highest BCUT2D eigenvalue weighted by Gasteiger charge is 2.09. The van der Waals surface area contributed by atoms with Gasteiger partial charge in [0.15, 0.2) is 5.13 Å². The van der Waals surface area contributed by atoms with Crippen LogP contribution >= 0.6 is 11.3 Å². The fourth-order valence-corrected chi connectivity index (χ4v) is 3.86. The molecule has 0 atom stereocenters. The highest BCUT2D eigenvalue weighted by atomic mass is 32.1. The molecule has 0 aliphatic heterocycles. The lowest BCUT2D eigenvalue weighted by Crippen LogP contribution is -2.11. The molecule has 0 unspecified atom stereocenters. The molecule has 0 saturated heterocycles. The van der Waals surface area contributed by atoms with Crippen molar-refractivity contribution in [3.63, 3.8) is 0 Å². The monoisotopic (exact) mass is 447 g/mol. The molecule has 4 rings (SSSR count). The number of nitrogens with zero attached hydrogens (tertiary/aromatic N) is 4. The first-order valence-electron chi connectivity index (χ1n) is 10.5. The Morgan fingerprint density at radius 2 is 1.91 bits per heavy atom. The summed E-state index contributed by atoms with van der Waals surface area (Å²) in [6.07, 6.45) is 6.76. The van der Waals surface area contributed by atoms with Crippen LogP contribution in [0.15, 0.2) is 66.3 Å². The van der Waals surface area contributed by atoms with Gasteiger partial charge in [0, 0.05) is 23.7 Å². The number of anilines is 1. The average molecular weight is 448 g/mol. The summed E-state index contributed by atoms with van der Waals surface area (Å²) in [7, 11) is 0. The number of aromatic nitrogens is 4. The molecule has 0 radical (unpaired) electrons. The first kappa shape index (κ1) is 21.7. The van der Waals surface area contributed by atoms with Crippen LogP contribution in [0.25, 0.3) is 0 Å². The van der Waals surface area contributed by atoms with Crippen molar-refractivity contribution in [2.45, 2.75) is 39.3 Å². The number of rotatable bonds is 10. The van der Waals surface area contributed by atoms with Crippen LogP contribution in [0.4, 0.5) is 5.13 Å². The van der Waals surface area contributed by atoms with E-state index in [-0.39, 0.29) is 5.91 Å². The maximum atomic E-state index is 12.3. The number of amides is 1. The summed E-state index contributed by atoms with van der Waals surface area (Å²) in [5.41, 5.74) is 3.80. The molecule has 7 nitrogen and oxygen atoms in total. The molecule has 0 spiro atoms. The second kappa shape index (κ2) is 10.7. The number of unbranched alkanes of at least 4 members (excludes halogenated alkanes) is 1. The van der Waals surface area contributed by atoms with E-state index in [1.165, 1.54) is 16.9 Å². The highest BCUT2D eigenvalue weighted by Crippen LogP contribution is 2.20. The number of thiazole rings is 1. The fourth-order valence-electron chi connectivity index (χ4n) is 3.17. The minimum atomic E-state index is -0.163. The zero-order valence-corrected chi connectivity index (χ0v) is 18.7. The van der Waals surface area contributed by atoms with E-state index in [0.29, 0.717) is 17.3 Å². The summed E-state index contributed by atoms with van der Waals surface area (Å²) in [4.78, 5) is 16.8. The summed E-state index contributed by atoms with van der Waals surface area (Å²) < 4.78 is 7.71. The normalized spacial score (nSPS) is 10.8. The molecule has 4 aromatic rings. The Bertz CT molecular complexity index is 1120. The zero-order chi connectivity index (χ0) is 22.2. The Balaban J connectivity index is 1.20. The predicted octanol–water partition coefficient (Wildman–Crippen LogP) is 4.90. The van der Waals surface area contributed by atoms with Gasteiger partial charge in [0.05, 0.1) is 11.9 Å². The lowest BCUT2D eigenvalue weighted by molar-refractivity contribution is 0.102. The molecule has 2 aromatic carbocycles. The maximum absolute atomic E-state index is 12.3. The number of aryl methyl sites for hydroxylation is 3. The van der Waals surface area contributed by atoms with Crippen LogP contribution in [0.5, 0.6) is 5.75 Å². The van der Waals surface area contributed by atoms with Gasteiger partial charge in [-0.2, -0.15) is 0 Å². The third kappa shape index (κ3) is 6.24. The van der Waals surface area contributed by atoms with Gasteiger partial charge in [-0.3, -0.25) is 14.8 Å². The topological polar surface area (TPSA) is 81.9 Å². The van der Waals surface area contributed by atoms with Gasteiger partial charge >= 0.3 is 0 Å². The molecule has 2 aromatic heterocycles. The fraction of sp³-hybridized carbons (Fsp3) is 0.250. The van der Waals surface area contributed by atoms with Crippen LogP contribution in [0, 0.1) is 6.92 Å². The van der Waals surface area contributed by atoms with Gasteiger partial charge in [-0.1, -0.05) is 35.0 Å². The van der Waals surface area contributed by atoms with Crippen molar-refractivity contribution in [1.29, 1.82) is 0 Å². The van der Waals surface area contributed by atoms with E-state index in [1.807, 2.05) is 59.6 Å². The van der Waals surface area contributed by atoms with Crippen LogP contribution in [-0.2, 0) is 19.6 Å². The SMILES string of the molecule is Cc1ccc(C(=O)Nc2nc(COc3ccc(CCCCn4ccnn4)cc3)cs2)cc1. The van der Waals surface area contributed by atoms with Crippen molar-refractivity contribution in [3.8, 4) is 5.75 Å². The summed E-state index contributed by atoms with van der Waals surface area (Å²) in [6.45, 7) is 3.24. The quantitative estimate of drug-likeness (QED) is 0.350. The van der Waals surface area contributed by atoms with E-state index in [0.717, 1.165) is 42.8 Å². The van der Waals surface area contributed by atoms with Crippen molar-refractivity contribution in [3.05, 3.63) is 88.7 Å². The van der Waals surface area contributed by atoms with E-state index in [2.05, 4.69) is 32.7 Å². The molecular weight excluding hydrogens is 422 g/mol. The van der Waals surface area contributed by atoms with Gasteiger partial charge in [0.1, 0.15) is 12.4 Å². The van der Waals surface area contributed by atoms with Crippen LogP contribution < -0.4 is 10.1 Å². The van der Waals surface area contributed by atoms with E-state index in [1.54, 1.807) is 6.20 Å². The summed E-state index contributed by atoms with van der Waals surface area (Å²) in [5, 5.41) is 13.1. The molecule has 1 N–H and O–H groups in total. The Labute approximate surface area is 191 Å². The van der Waals surface area contributed by atoms with Gasteiger partial charge in [0.25, 0.3) is 5.91 Å². The first-order valence-corrected chi connectivity index (χ1v) is 11.4. The average Bonchev–Trinajstić information content (AvgIpc) is 3.49. The van der Waals surface area contributed by atoms with Crippen LogP contribution in [0.2, 0.25) is 0 Å². The Morgan fingerprint density at radius 1 is 1.09 bits per heavy atom. The molecule has 1 amide bonds. The summed E-state index contributed by atoms with van der Waals surface area (Å²) in [5.74, 6) is 0.637. The van der Waals surface area contributed by atoms with E-state index >= 15 is 0 Å². The molecule has 0 saturated carbocycles. The molecular formula is C24H25N5O2S. The van der Waals surface area contributed by atoms with E-state index < -0.39 is 0 Å². The van der Waals surface area contributed by atoms with Gasteiger partial charge in [-0.25, -0.2) is 4.98 Å². The molecule has 2 heterocycles. The largest absolute Gasteiger partial charge is 0.487 e. The minimum Gasteiger partial charge on any atom is -0.487 e. The van der Waals surface area contributed by atoms with Crippen LogP contribution in [-0.4, -0.2) is 25.9 Å². The molecule has 164 valence electrons. The zero-order valence-electron chi connectivity index (χ0n) is 17.9. The van der Waals surface area contributed by atoms with Gasteiger partial charge in [-0.15, -0.1) is 16.4 Å². The Kier molecular flexibility index (Phi) is 7.24. The van der Waals surface area contributed by atoms with Crippen molar-refractivity contribution >= 4 is 22.4 Å². The molecule has 0 fully saturated rings. The molecule has 0 aliphatic carbocycles. The van der Waals surface area contributed by atoms with Crippen LogP contribution in [0.3, 0.4) is 0 Å². The van der Waals surface area contributed by atoms with Gasteiger partial charge < -0.3 is 4.74 Å². The van der Waals surface area contributed by atoms with Crippen molar-refractivity contribution < 1.29 is 9.53 Å². The van der Waals surface area contributed by atoms with E-state index in [9.17, 15) is 4.79 Å². The lowest BCUT2D eigenvalue weighted by atomic mass is 10.1. The van der Waals surface area contributed by atoms with Crippen molar-refractivity contribution in [2.75, 3.05) is 5.32 Å². The third-order valence-corrected chi connectivity index (χ3v) is 5.78. The smallest absolute Gasteiger partial charge is 0.257 e. The number of hydrogen-bond donors (Lipinski definition) is 1. The second-order valence-corrected chi connectivity index (χ2v) is 8.38. The first-order chi connectivity index (χ1) is 15.7. The molecule has 0 bridgehead atoms. The van der Waals surface area contributed by atoms with E-state index in [4.69, 9.17) is 4.74 Å². The number of carbonyl (C=O) groups is 1. The maximum Gasteiger partial charge on any atom is 0.257 e.